The second kappa shape index (κ2) is 7.07. The quantitative estimate of drug-likeness (QED) is 0.665. The molecule has 0 aliphatic carbocycles. The van der Waals surface area contributed by atoms with Crippen LogP contribution in [-0.4, -0.2) is 41.9 Å². The Morgan fingerprint density at radius 2 is 1.79 bits per heavy atom. The molecule has 0 unspecified atom stereocenters. The molecule has 1 aliphatic heterocycles. The third kappa shape index (κ3) is 3.43. The molecule has 0 amide bonds. The van der Waals surface area contributed by atoms with Crippen LogP contribution in [0.1, 0.15) is 12.0 Å². The first-order valence-corrected chi connectivity index (χ1v) is 10.9. The molecule has 144 valence electrons. The Balaban J connectivity index is 1.90. The van der Waals surface area contributed by atoms with Gasteiger partial charge >= 0.3 is 0 Å². The van der Waals surface area contributed by atoms with Crippen LogP contribution in [0.2, 0.25) is 5.02 Å². The smallest absolute Gasteiger partial charge is 0.265 e. The van der Waals surface area contributed by atoms with Gasteiger partial charge in [-0.3, -0.25) is 9.79 Å². The van der Waals surface area contributed by atoms with Gasteiger partial charge < -0.3 is 5.11 Å². The molecule has 0 spiro atoms. The van der Waals surface area contributed by atoms with E-state index < -0.39 is 9.84 Å². The molecule has 4 rings (SSSR count). The number of hydrogen-bond acceptors (Lipinski definition) is 5. The Labute approximate surface area is 166 Å². The summed E-state index contributed by atoms with van der Waals surface area (Å²) in [4.78, 5) is 17.4. The van der Waals surface area contributed by atoms with Gasteiger partial charge in [0.1, 0.15) is 0 Å². The molecule has 1 aliphatic rings. The molecule has 0 radical (unpaired) electrons. The lowest BCUT2D eigenvalue weighted by Gasteiger charge is -2.14. The zero-order chi connectivity index (χ0) is 19.9. The van der Waals surface area contributed by atoms with E-state index in [4.69, 9.17) is 11.6 Å². The number of halogens is 1. The maximum atomic E-state index is 13.0. The van der Waals surface area contributed by atoms with Crippen molar-refractivity contribution in [3.05, 3.63) is 69.5 Å². The Bertz CT molecular complexity index is 1250. The molecule has 2 aromatic carbocycles. The average Bonchev–Trinajstić information content (AvgIpc) is 3.02. The summed E-state index contributed by atoms with van der Waals surface area (Å²) in [7, 11) is -3.06. The molecular formula is C20H17ClN2O4S. The second-order valence-electron chi connectivity index (χ2n) is 6.73. The van der Waals surface area contributed by atoms with E-state index in [1.807, 2.05) is 0 Å². The predicted octanol–water partition coefficient (Wildman–Crippen LogP) is 2.96. The predicted molar refractivity (Wildman–Crippen MR) is 111 cm³/mol. The molecule has 2 heterocycles. The van der Waals surface area contributed by atoms with Gasteiger partial charge in [0.15, 0.2) is 9.84 Å². The van der Waals surface area contributed by atoms with Crippen LogP contribution < -0.4 is 5.56 Å². The van der Waals surface area contributed by atoms with Crippen LogP contribution in [0.4, 0.5) is 0 Å². The van der Waals surface area contributed by atoms with Crippen LogP contribution in [0, 0.1) is 0 Å². The molecule has 8 heteroatoms. The van der Waals surface area contributed by atoms with E-state index in [0.29, 0.717) is 33.5 Å². The van der Waals surface area contributed by atoms with Crippen LogP contribution in [0.15, 0.2) is 58.3 Å². The number of fused-ring (bicyclic) bond motifs is 1. The number of hydrogen-bond donors (Lipinski definition) is 1. The van der Waals surface area contributed by atoms with Crippen molar-refractivity contribution >= 4 is 38.4 Å². The van der Waals surface area contributed by atoms with E-state index in [1.165, 1.54) is 10.8 Å². The average molecular weight is 417 g/mol. The fourth-order valence-corrected chi connectivity index (χ4v) is 5.15. The fourth-order valence-electron chi connectivity index (χ4n) is 3.39. The molecular weight excluding hydrogens is 400 g/mol. The van der Waals surface area contributed by atoms with Crippen molar-refractivity contribution in [1.29, 1.82) is 0 Å². The maximum Gasteiger partial charge on any atom is 0.265 e. The lowest BCUT2D eigenvalue weighted by molar-refractivity contribution is 0.436. The summed E-state index contributed by atoms with van der Waals surface area (Å²) in [6.07, 6.45) is 1.92. The van der Waals surface area contributed by atoms with E-state index in [0.717, 1.165) is 0 Å². The summed E-state index contributed by atoms with van der Waals surface area (Å²) in [5.41, 5.74) is 0.473. The molecule has 0 bridgehead atoms. The highest BCUT2D eigenvalue weighted by Gasteiger charge is 2.27. The Hall–Kier alpha value is -2.64. The molecule has 1 fully saturated rings. The van der Waals surface area contributed by atoms with Crippen LogP contribution in [0.3, 0.4) is 0 Å². The molecule has 0 saturated carbocycles. The number of aromatic hydroxyl groups is 1. The molecule has 28 heavy (non-hydrogen) atoms. The highest BCUT2D eigenvalue weighted by atomic mass is 35.5. The van der Waals surface area contributed by atoms with Crippen molar-refractivity contribution in [1.82, 2.24) is 4.57 Å². The maximum absolute atomic E-state index is 13.0. The van der Waals surface area contributed by atoms with Crippen molar-refractivity contribution in [2.45, 2.75) is 12.5 Å². The Morgan fingerprint density at radius 3 is 2.43 bits per heavy atom. The largest absolute Gasteiger partial charge is 0.494 e. The van der Waals surface area contributed by atoms with Gasteiger partial charge in [-0.25, -0.2) is 13.0 Å². The number of nitrogens with zero attached hydrogens (tertiary/aromatic N) is 2. The monoisotopic (exact) mass is 416 g/mol. The third-order valence-electron chi connectivity index (χ3n) is 4.81. The molecule has 1 atom stereocenters. The van der Waals surface area contributed by atoms with Crippen LogP contribution in [-0.2, 0) is 9.84 Å². The Kier molecular flexibility index (Phi) is 4.72. The zero-order valence-corrected chi connectivity index (χ0v) is 16.3. The lowest BCUT2D eigenvalue weighted by atomic mass is 10.1. The third-order valence-corrected chi connectivity index (χ3v) is 6.81. The number of pyridine rings is 1. The molecule has 6 nitrogen and oxygen atoms in total. The van der Waals surface area contributed by atoms with E-state index in [1.54, 1.807) is 48.5 Å². The molecule has 1 saturated heterocycles. The number of rotatable bonds is 3. The van der Waals surface area contributed by atoms with Gasteiger partial charge in [-0.1, -0.05) is 29.8 Å². The number of aliphatic imine (C=N–C) groups is 1. The fraction of sp³-hybridized carbons (Fsp3) is 0.200. The van der Waals surface area contributed by atoms with Crippen molar-refractivity contribution < 1.29 is 13.5 Å². The summed E-state index contributed by atoms with van der Waals surface area (Å²) in [5, 5.41) is 12.4. The van der Waals surface area contributed by atoms with Crippen molar-refractivity contribution in [2.24, 2.45) is 4.99 Å². The summed E-state index contributed by atoms with van der Waals surface area (Å²) in [5.74, 6) is -0.138. The van der Waals surface area contributed by atoms with Crippen LogP contribution >= 0.6 is 11.6 Å². The Morgan fingerprint density at radius 1 is 1.11 bits per heavy atom. The van der Waals surface area contributed by atoms with Gasteiger partial charge in [-0.2, -0.15) is 0 Å². The van der Waals surface area contributed by atoms with E-state index >= 15 is 0 Å². The highest BCUT2D eigenvalue weighted by Crippen LogP contribution is 2.27. The minimum absolute atomic E-state index is 0.000974. The molecule has 3 aromatic rings. The first-order chi connectivity index (χ1) is 13.4. The lowest BCUT2D eigenvalue weighted by Crippen LogP contribution is -2.20. The SMILES string of the molecule is O=c1c2ccccc2c(C=N[C@@H]2CCS(=O)(=O)C2)c(O)n1-c1ccc(Cl)cc1. The minimum Gasteiger partial charge on any atom is -0.494 e. The number of sulfone groups is 1. The van der Waals surface area contributed by atoms with Gasteiger partial charge in [0, 0.05) is 22.0 Å². The van der Waals surface area contributed by atoms with Crippen molar-refractivity contribution in [3.8, 4) is 11.6 Å². The van der Waals surface area contributed by atoms with E-state index in [9.17, 15) is 18.3 Å². The zero-order valence-electron chi connectivity index (χ0n) is 14.7. The van der Waals surface area contributed by atoms with E-state index in [2.05, 4.69) is 4.99 Å². The first-order valence-electron chi connectivity index (χ1n) is 8.72. The van der Waals surface area contributed by atoms with Gasteiger partial charge in [0.2, 0.25) is 5.88 Å². The highest BCUT2D eigenvalue weighted by molar-refractivity contribution is 7.91. The minimum atomic E-state index is -3.06. The van der Waals surface area contributed by atoms with E-state index in [-0.39, 0.29) is 29.0 Å². The normalized spacial score (nSPS) is 18.8. The van der Waals surface area contributed by atoms with Crippen molar-refractivity contribution in [2.75, 3.05) is 11.5 Å². The standard InChI is InChI=1S/C20H17ClN2O4S/c21-13-5-7-15(8-6-13)23-19(24)17-4-2-1-3-16(17)18(20(23)25)11-22-14-9-10-28(26,27)12-14/h1-8,11,14,25H,9-10,12H2/t14-/m1/s1. The number of benzene rings is 2. The van der Waals surface area contributed by atoms with Gasteiger partial charge in [0.05, 0.1) is 28.8 Å². The topological polar surface area (TPSA) is 88.7 Å². The van der Waals surface area contributed by atoms with Crippen LogP contribution in [0.25, 0.3) is 16.5 Å². The van der Waals surface area contributed by atoms with Gasteiger partial charge in [-0.05, 0) is 36.8 Å². The molecule has 1 N–H and O–H groups in total. The molecule has 1 aromatic heterocycles. The van der Waals surface area contributed by atoms with Crippen LogP contribution in [0.5, 0.6) is 5.88 Å². The second-order valence-corrected chi connectivity index (χ2v) is 9.40. The first kappa shape index (κ1) is 18.7. The summed E-state index contributed by atoms with van der Waals surface area (Å²) in [6.45, 7) is 0. The summed E-state index contributed by atoms with van der Waals surface area (Å²) < 4.78 is 24.5. The number of aromatic nitrogens is 1. The summed E-state index contributed by atoms with van der Waals surface area (Å²) >= 11 is 5.93. The van der Waals surface area contributed by atoms with Gasteiger partial charge in [0.25, 0.3) is 5.56 Å². The summed E-state index contributed by atoms with van der Waals surface area (Å²) in [6, 6.07) is 13.1. The van der Waals surface area contributed by atoms with Gasteiger partial charge in [-0.15, -0.1) is 0 Å². The van der Waals surface area contributed by atoms with Crippen molar-refractivity contribution in [3.63, 3.8) is 0 Å².